The summed E-state index contributed by atoms with van der Waals surface area (Å²) in [6, 6.07) is 3.86. The number of likely N-dealkylation sites (N-methyl/N-ethyl adjacent to an activating group) is 1. The minimum atomic E-state index is 0.443. The highest BCUT2D eigenvalue weighted by Crippen LogP contribution is 2.26. The first-order valence-electron chi connectivity index (χ1n) is 6.93. The zero-order valence-electron chi connectivity index (χ0n) is 11.5. The minimum absolute atomic E-state index is 0.443. The van der Waals surface area contributed by atoms with Gasteiger partial charge in [-0.25, -0.2) is 9.50 Å². The van der Waals surface area contributed by atoms with Crippen molar-refractivity contribution < 1.29 is 4.74 Å². The van der Waals surface area contributed by atoms with Gasteiger partial charge in [0.15, 0.2) is 17.2 Å². The van der Waals surface area contributed by atoms with Crippen LogP contribution in [0.15, 0.2) is 18.3 Å². The van der Waals surface area contributed by atoms with E-state index >= 15 is 0 Å². The Balaban J connectivity index is 1.92. The van der Waals surface area contributed by atoms with Gasteiger partial charge in [0.25, 0.3) is 0 Å². The molecule has 0 bridgehead atoms. The second-order valence-electron chi connectivity index (χ2n) is 5.05. The summed E-state index contributed by atoms with van der Waals surface area (Å²) in [4.78, 5) is 7.15. The molecule has 0 saturated carbocycles. The van der Waals surface area contributed by atoms with Crippen molar-refractivity contribution in [3.05, 3.63) is 24.2 Å². The Morgan fingerprint density at radius 3 is 3.16 bits per heavy atom. The fourth-order valence-electron chi connectivity index (χ4n) is 2.78. The fourth-order valence-corrected chi connectivity index (χ4v) is 2.78. The molecule has 0 aromatic carbocycles. The second kappa shape index (κ2) is 5.17. The molecular weight excluding hydrogens is 240 g/mol. The van der Waals surface area contributed by atoms with Crippen LogP contribution in [0.1, 0.15) is 31.5 Å². The number of hydrogen-bond donors (Lipinski definition) is 0. The molecule has 102 valence electrons. The molecule has 5 heteroatoms. The average molecular weight is 260 g/mol. The third kappa shape index (κ3) is 2.30. The van der Waals surface area contributed by atoms with Crippen LogP contribution in [0, 0.1) is 0 Å². The number of likely N-dealkylation sites (tertiary alicyclic amines) is 1. The molecule has 1 aliphatic rings. The molecule has 0 N–H and O–H groups in total. The summed E-state index contributed by atoms with van der Waals surface area (Å²) in [5, 5.41) is 4.61. The van der Waals surface area contributed by atoms with Crippen LogP contribution in [0.2, 0.25) is 0 Å². The summed E-state index contributed by atoms with van der Waals surface area (Å²) >= 11 is 0. The number of piperidine rings is 1. The van der Waals surface area contributed by atoms with Crippen molar-refractivity contribution in [2.24, 2.45) is 0 Å². The van der Waals surface area contributed by atoms with Crippen LogP contribution in [0.3, 0.4) is 0 Å². The number of methoxy groups -OCH3 is 1. The molecule has 3 heterocycles. The van der Waals surface area contributed by atoms with Gasteiger partial charge in [-0.1, -0.05) is 6.92 Å². The predicted octanol–water partition coefficient (Wildman–Crippen LogP) is 1.94. The van der Waals surface area contributed by atoms with Gasteiger partial charge in [0, 0.05) is 18.7 Å². The average Bonchev–Trinajstić information content (AvgIpc) is 2.91. The Morgan fingerprint density at radius 1 is 1.47 bits per heavy atom. The summed E-state index contributed by atoms with van der Waals surface area (Å²) in [5.74, 6) is 2.17. The maximum absolute atomic E-state index is 5.34. The van der Waals surface area contributed by atoms with Crippen molar-refractivity contribution in [3.63, 3.8) is 0 Å². The number of aromatic nitrogens is 3. The van der Waals surface area contributed by atoms with Gasteiger partial charge in [-0.05, 0) is 38.1 Å². The highest BCUT2D eigenvalue weighted by molar-refractivity contribution is 5.52. The molecule has 1 aliphatic heterocycles. The van der Waals surface area contributed by atoms with E-state index in [0.717, 1.165) is 30.3 Å². The molecule has 2 aromatic heterocycles. The summed E-state index contributed by atoms with van der Waals surface area (Å²) in [5.41, 5.74) is 0.814. The number of rotatable bonds is 3. The number of pyridine rings is 1. The Bertz CT molecular complexity index is 566. The molecule has 2 aromatic rings. The Morgan fingerprint density at radius 2 is 2.37 bits per heavy atom. The van der Waals surface area contributed by atoms with Crippen LogP contribution in [0.5, 0.6) is 5.75 Å². The van der Waals surface area contributed by atoms with Crippen molar-refractivity contribution in [1.29, 1.82) is 0 Å². The Hall–Kier alpha value is -1.62. The van der Waals surface area contributed by atoms with E-state index in [9.17, 15) is 0 Å². The molecular formula is C14H20N4O. The van der Waals surface area contributed by atoms with Crippen molar-refractivity contribution in [2.75, 3.05) is 26.7 Å². The van der Waals surface area contributed by atoms with Crippen molar-refractivity contribution >= 4 is 5.65 Å². The van der Waals surface area contributed by atoms with Crippen LogP contribution >= 0.6 is 0 Å². The maximum Gasteiger partial charge on any atom is 0.198 e. The smallest absolute Gasteiger partial charge is 0.198 e. The summed E-state index contributed by atoms with van der Waals surface area (Å²) in [6.45, 7) is 5.58. The van der Waals surface area contributed by atoms with Crippen LogP contribution in [0.25, 0.3) is 5.65 Å². The molecule has 5 nitrogen and oxygen atoms in total. The SMILES string of the molecule is CCN1CCCC(c2nc3c(OC)cccn3n2)C1. The number of fused-ring (bicyclic) bond motifs is 1. The minimum Gasteiger partial charge on any atom is -0.493 e. The molecule has 1 saturated heterocycles. The third-order valence-corrected chi connectivity index (χ3v) is 3.88. The summed E-state index contributed by atoms with van der Waals surface area (Å²) < 4.78 is 7.16. The monoisotopic (exact) mass is 260 g/mol. The predicted molar refractivity (Wildman–Crippen MR) is 73.6 cm³/mol. The van der Waals surface area contributed by atoms with Crippen molar-refractivity contribution in [3.8, 4) is 5.75 Å². The van der Waals surface area contributed by atoms with Gasteiger partial charge < -0.3 is 9.64 Å². The van der Waals surface area contributed by atoms with Crippen LogP contribution in [0.4, 0.5) is 0 Å². The van der Waals surface area contributed by atoms with Gasteiger partial charge in [0.05, 0.1) is 7.11 Å². The van der Waals surface area contributed by atoms with Gasteiger partial charge in [-0.2, -0.15) is 5.10 Å². The van der Waals surface area contributed by atoms with E-state index < -0.39 is 0 Å². The number of nitrogens with zero attached hydrogens (tertiary/aromatic N) is 4. The van der Waals surface area contributed by atoms with Gasteiger partial charge in [0.1, 0.15) is 0 Å². The second-order valence-corrected chi connectivity index (χ2v) is 5.05. The molecule has 0 radical (unpaired) electrons. The lowest BCUT2D eigenvalue weighted by molar-refractivity contribution is 0.214. The molecule has 3 rings (SSSR count). The van der Waals surface area contributed by atoms with E-state index in [1.54, 1.807) is 7.11 Å². The topological polar surface area (TPSA) is 42.7 Å². The molecule has 19 heavy (non-hydrogen) atoms. The maximum atomic E-state index is 5.34. The zero-order valence-corrected chi connectivity index (χ0v) is 11.5. The van der Waals surface area contributed by atoms with Crippen LogP contribution in [-0.4, -0.2) is 46.2 Å². The first-order valence-corrected chi connectivity index (χ1v) is 6.93. The van der Waals surface area contributed by atoms with E-state index in [1.165, 1.54) is 19.4 Å². The van der Waals surface area contributed by atoms with E-state index in [-0.39, 0.29) is 0 Å². The Labute approximate surface area is 113 Å². The summed E-state index contributed by atoms with van der Waals surface area (Å²) in [7, 11) is 1.67. The van der Waals surface area contributed by atoms with E-state index in [4.69, 9.17) is 4.74 Å². The quantitative estimate of drug-likeness (QED) is 0.846. The van der Waals surface area contributed by atoms with Gasteiger partial charge in [-0.3, -0.25) is 0 Å². The van der Waals surface area contributed by atoms with Crippen molar-refractivity contribution in [1.82, 2.24) is 19.5 Å². The normalized spacial score (nSPS) is 20.8. The Kier molecular flexibility index (Phi) is 3.38. The molecule has 1 unspecified atom stereocenters. The molecule has 1 atom stereocenters. The highest BCUT2D eigenvalue weighted by Gasteiger charge is 2.24. The first-order chi connectivity index (χ1) is 9.31. The van der Waals surface area contributed by atoms with Crippen LogP contribution in [-0.2, 0) is 0 Å². The fraction of sp³-hybridized carbons (Fsp3) is 0.571. The van der Waals surface area contributed by atoms with Crippen LogP contribution < -0.4 is 4.74 Å². The molecule has 0 amide bonds. The molecule has 1 fully saturated rings. The highest BCUT2D eigenvalue weighted by atomic mass is 16.5. The lowest BCUT2D eigenvalue weighted by atomic mass is 9.97. The van der Waals surface area contributed by atoms with E-state index in [2.05, 4.69) is 21.9 Å². The molecule has 0 spiro atoms. The van der Waals surface area contributed by atoms with Gasteiger partial charge >= 0.3 is 0 Å². The lowest BCUT2D eigenvalue weighted by Gasteiger charge is -2.30. The van der Waals surface area contributed by atoms with Gasteiger partial charge in [0.2, 0.25) is 0 Å². The zero-order chi connectivity index (χ0) is 13.2. The molecule has 0 aliphatic carbocycles. The van der Waals surface area contributed by atoms with E-state index in [1.807, 2.05) is 22.8 Å². The number of ether oxygens (including phenoxy) is 1. The summed E-state index contributed by atoms with van der Waals surface area (Å²) in [6.07, 6.45) is 4.33. The third-order valence-electron chi connectivity index (χ3n) is 3.88. The van der Waals surface area contributed by atoms with E-state index in [0.29, 0.717) is 5.92 Å². The first kappa shape index (κ1) is 12.4. The largest absolute Gasteiger partial charge is 0.493 e. The van der Waals surface area contributed by atoms with Crippen molar-refractivity contribution in [2.45, 2.75) is 25.7 Å². The standard InChI is InChI=1S/C14H20N4O/c1-3-17-8-4-6-11(10-17)13-15-14-12(19-2)7-5-9-18(14)16-13/h5,7,9,11H,3-4,6,8,10H2,1-2H3. The number of hydrogen-bond acceptors (Lipinski definition) is 4. The lowest BCUT2D eigenvalue weighted by Crippen LogP contribution is -2.34. The van der Waals surface area contributed by atoms with Gasteiger partial charge in [-0.15, -0.1) is 0 Å².